The number of halogens is 1. The van der Waals surface area contributed by atoms with E-state index in [0.29, 0.717) is 32.0 Å². The number of hydrazone groups is 1. The summed E-state index contributed by atoms with van der Waals surface area (Å²) >= 11 is 0. The molecule has 3 heterocycles. The van der Waals surface area contributed by atoms with Crippen LogP contribution in [0.25, 0.3) is 11.1 Å². The molecule has 0 saturated carbocycles. The highest BCUT2D eigenvalue weighted by Crippen LogP contribution is 2.25. The number of aromatic hydroxyl groups is 1. The lowest BCUT2D eigenvalue weighted by Gasteiger charge is -2.27. The van der Waals surface area contributed by atoms with Gasteiger partial charge in [0.1, 0.15) is 5.75 Å². The predicted molar refractivity (Wildman–Crippen MR) is 144 cm³/mol. The van der Waals surface area contributed by atoms with Crippen LogP contribution >= 0.6 is 0 Å². The molecule has 3 aromatic rings. The van der Waals surface area contributed by atoms with E-state index in [1.807, 2.05) is 60.4 Å². The number of benzene rings is 2. The Kier molecular flexibility index (Phi) is 7.36. The molecule has 0 spiro atoms. The molecule has 9 nitrogen and oxygen atoms in total. The predicted octanol–water partition coefficient (Wildman–Crippen LogP) is 4.10. The van der Waals surface area contributed by atoms with E-state index < -0.39 is 5.82 Å². The van der Waals surface area contributed by atoms with Crippen molar-refractivity contribution >= 4 is 29.4 Å². The molecule has 2 unspecified atom stereocenters. The number of morpholine rings is 1. The first-order valence-corrected chi connectivity index (χ1v) is 12.1. The second kappa shape index (κ2) is 11.2. The summed E-state index contributed by atoms with van der Waals surface area (Å²) in [6, 6.07) is 15.3. The summed E-state index contributed by atoms with van der Waals surface area (Å²) in [5.74, 6) is 0.221. The zero-order chi connectivity index (χ0) is 25.6. The Hall–Kier alpha value is -4.31. The summed E-state index contributed by atoms with van der Waals surface area (Å²) in [4.78, 5) is 14.8. The van der Waals surface area contributed by atoms with Crippen molar-refractivity contribution in [2.45, 2.75) is 19.0 Å². The van der Waals surface area contributed by atoms with Crippen LogP contribution in [0.4, 0.5) is 21.8 Å². The number of hydrogen-bond acceptors (Lipinski definition) is 9. The highest BCUT2D eigenvalue weighted by Gasteiger charge is 2.19. The van der Waals surface area contributed by atoms with Gasteiger partial charge in [-0.3, -0.25) is 4.99 Å². The Morgan fingerprint density at radius 1 is 1.14 bits per heavy atom. The van der Waals surface area contributed by atoms with E-state index in [-0.39, 0.29) is 29.6 Å². The summed E-state index contributed by atoms with van der Waals surface area (Å²) in [7, 11) is 0. The molecule has 0 bridgehead atoms. The maximum atomic E-state index is 14.2. The third kappa shape index (κ3) is 6.10. The van der Waals surface area contributed by atoms with Gasteiger partial charge in [-0.15, -0.1) is 0 Å². The van der Waals surface area contributed by atoms with Gasteiger partial charge in [0.25, 0.3) is 0 Å². The SMILES string of the molecule is CC1N=C(/C=N/Nc2ncc(F)c(N3CCOCC3)n2)C=CC1Nc1ccc(-c2cccc(O)c2)cc1. The van der Waals surface area contributed by atoms with Crippen LogP contribution < -0.4 is 15.6 Å². The molecule has 0 amide bonds. The minimum atomic E-state index is -0.475. The number of aromatic nitrogens is 2. The van der Waals surface area contributed by atoms with E-state index in [0.717, 1.165) is 23.0 Å². The molecular weight excluding hydrogens is 473 g/mol. The van der Waals surface area contributed by atoms with E-state index in [4.69, 9.17) is 9.73 Å². The lowest BCUT2D eigenvalue weighted by atomic mass is 10.0. The van der Waals surface area contributed by atoms with Crippen LogP contribution in [0.3, 0.4) is 0 Å². The maximum absolute atomic E-state index is 14.2. The molecule has 2 aliphatic heterocycles. The minimum absolute atomic E-state index is 0.0211. The Balaban J connectivity index is 1.17. The number of phenols is 1. The molecule has 37 heavy (non-hydrogen) atoms. The summed E-state index contributed by atoms with van der Waals surface area (Å²) < 4.78 is 19.5. The quantitative estimate of drug-likeness (QED) is 0.330. The van der Waals surface area contributed by atoms with Crippen molar-refractivity contribution in [2.24, 2.45) is 10.1 Å². The van der Waals surface area contributed by atoms with Gasteiger partial charge in [-0.2, -0.15) is 10.1 Å². The molecule has 0 aliphatic carbocycles. The summed E-state index contributed by atoms with van der Waals surface area (Å²) in [5, 5.41) is 17.4. The van der Waals surface area contributed by atoms with Gasteiger partial charge in [0, 0.05) is 18.8 Å². The normalized spacial score (nSPS) is 19.6. The zero-order valence-electron chi connectivity index (χ0n) is 20.4. The molecule has 1 saturated heterocycles. The molecule has 0 radical (unpaired) electrons. The maximum Gasteiger partial charge on any atom is 0.245 e. The fourth-order valence-electron chi connectivity index (χ4n) is 4.17. The van der Waals surface area contributed by atoms with Crippen LogP contribution in [0.15, 0.2) is 77.0 Å². The number of aliphatic imine (C=N–C) groups is 1. The molecule has 1 aromatic heterocycles. The molecule has 190 valence electrons. The average Bonchev–Trinajstić information content (AvgIpc) is 2.92. The molecule has 2 aromatic carbocycles. The number of rotatable bonds is 7. The third-order valence-corrected chi connectivity index (χ3v) is 6.14. The monoisotopic (exact) mass is 501 g/mol. The van der Waals surface area contributed by atoms with Crippen LogP contribution in [0.5, 0.6) is 5.75 Å². The summed E-state index contributed by atoms with van der Waals surface area (Å²) in [6.45, 7) is 4.26. The van der Waals surface area contributed by atoms with Gasteiger partial charge in [0.15, 0.2) is 11.6 Å². The standard InChI is InChI=1S/C27H28FN7O2/c1-18-25(32-21-7-5-19(6-8-21)20-3-2-4-23(36)15-20)10-9-22(31-18)16-30-34-27-29-17-24(28)26(33-27)35-11-13-37-14-12-35/h2-10,15-18,25,32,36H,11-14H2,1H3,(H,29,33,34)/b30-16+. The molecule has 10 heteroatoms. The lowest BCUT2D eigenvalue weighted by Crippen LogP contribution is -2.37. The van der Waals surface area contributed by atoms with Gasteiger partial charge in [-0.05, 0) is 48.4 Å². The number of phenolic OH excluding ortho intramolecular Hbond substituents is 1. The van der Waals surface area contributed by atoms with Crippen molar-refractivity contribution in [2.75, 3.05) is 41.9 Å². The largest absolute Gasteiger partial charge is 0.508 e. The fraction of sp³-hybridized carbons (Fsp3) is 0.259. The number of ether oxygens (including phenoxy) is 1. The van der Waals surface area contributed by atoms with Gasteiger partial charge >= 0.3 is 0 Å². The van der Waals surface area contributed by atoms with Crippen LogP contribution in [-0.4, -0.2) is 65.4 Å². The Morgan fingerprint density at radius 2 is 1.95 bits per heavy atom. The number of anilines is 3. The second-order valence-corrected chi connectivity index (χ2v) is 8.79. The van der Waals surface area contributed by atoms with Crippen LogP contribution in [-0.2, 0) is 4.74 Å². The molecule has 1 fully saturated rings. The molecule has 2 atom stereocenters. The van der Waals surface area contributed by atoms with Gasteiger partial charge in [0.05, 0.1) is 43.4 Å². The van der Waals surface area contributed by atoms with Crippen molar-refractivity contribution in [1.29, 1.82) is 0 Å². The van der Waals surface area contributed by atoms with E-state index in [1.165, 1.54) is 0 Å². The number of hydrogen-bond donors (Lipinski definition) is 3. The number of nitrogens with one attached hydrogen (secondary N) is 2. The fourth-order valence-corrected chi connectivity index (χ4v) is 4.17. The first kappa shape index (κ1) is 24.4. The first-order valence-electron chi connectivity index (χ1n) is 12.1. The molecule has 2 aliphatic rings. The van der Waals surface area contributed by atoms with E-state index >= 15 is 0 Å². The Bertz CT molecular complexity index is 1320. The van der Waals surface area contributed by atoms with Crippen LogP contribution in [0.1, 0.15) is 6.92 Å². The molecule has 3 N–H and O–H groups in total. The van der Waals surface area contributed by atoms with Gasteiger partial charge in [-0.25, -0.2) is 14.8 Å². The minimum Gasteiger partial charge on any atom is -0.508 e. The van der Waals surface area contributed by atoms with E-state index in [1.54, 1.807) is 18.3 Å². The van der Waals surface area contributed by atoms with Crippen molar-refractivity contribution in [3.8, 4) is 16.9 Å². The van der Waals surface area contributed by atoms with Crippen LogP contribution in [0, 0.1) is 5.82 Å². The summed E-state index contributed by atoms with van der Waals surface area (Å²) in [5.41, 5.74) is 6.43. The topological polar surface area (TPSA) is 107 Å². The summed E-state index contributed by atoms with van der Waals surface area (Å²) in [6.07, 6.45) is 6.68. The third-order valence-electron chi connectivity index (χ3n) is 6.14. The van der Waals surface area contributed by atoms with Gasteiger partial charge < -0.3 is 20.1 Å². The first-order chi connectivity index (χ1) is 18.0. The average molecular weight is 502 g/mol. The van der Waals surface area contributed by atoms with Crippen molar-refractivity contribution < 1.29 is 14.2 Å². The Morgan fingerprint density at radius 3 is 2.70 bits per heavy atom. The van der Waals surface area contributed by atoms with Crippen LogP contribution in [0.2, 0.25) is 0 Å². The zero-order valence-corrected chi connectivity index (χ0v) is 20.4. The van der Waals surface area contributed by atoms with Gasteiger partial charge in [0.2, 0.25) is 5.95 Å². The molecule has 5 rings (SSSR count). The van der Waals surface area contributed by atoms with Crippen molar-refractivity contribution in [3.63, 3.8) is 0 Å². The number of nitrogens with zero attached hydrogens (tertiary/aromatic N) is 5. The van der Waals surface area contributed by atoms with Crippen molar-refractivity contribution in [3.05, 3.63) is 72.7 Å². The van der Waals surface area contributed by atoms with Crippen molar-refractivity contribution in [1.82, 2.24) is 9.97 Å². The van der Waals surface area contributed by atoms with E-state index in [9.17, 15) is 9.50 Å². The number of allylic oxidation sites excluding steroid dienone is 1. The van der Waals surface area contributed by atoms with E-state index in [2.05, 4.69) is 25.8 Å². The Labute approximate surface area is 214 Å². The highest BCUT2D eigenvalue weighted by molar-refractivity contribution is 6.36. The smallest absolute Gasteiger partial charge is 0.245 e. The second-order valence-electron chi connectivity index (χ2n) is 8.79. The molecular formula is C27H28FN7O2. The lowest BCUT2D eigenvalue weighted by molar-refractivity contribution is 0.122. The van der Waals surface area contributed by atoms with Gasteiger partial charge in [-0.1, -0.05) is 30.3 Å². The highest BCUT2D eigenvalue weighted by atomic mass is 19.1. The number of dihydropyridines is 1.